The molecule has 0 fully saturated rings. The number of carbonyl (C=O) groups is 1. The summed E-state index contributed by atoms with van der Waals surface area (Å²) in [6.07, 6.45) is 0. The van der Waals surface area contributed by atoms with Gasteiger partial charge in [-0.15, -0.1) is 0 Å². The Morgan fingerprint density at radius 3 is 2.29 bits per heavy atom. The van der Waals surface area contributed by atoms with Gasteiger partial charge in [-0.05, 0) is 40.8 Å². The summed E-state index contributed by atoms with van der Waals surface area (Å²) in [5.41, 5.74) is 0.338. The molecular weight excluding hydrogens is 337 g/mol. The molecule has 17 heavy (non-hydrogen) atoms. The third-order valence-electron chi connectivity index (χ3n) is 2.22. The van der Waals surface area contributed by atoms with Crippen LogP contribution in [-0.4, -0.2) is 52.4 Å². The number of aliphatic hydroxyl groups is 2. The number of halogens is 1. The molecule has 94 valence electrons. The predicted octanol–water partition coefficient (Wildman–Crippen LogP) is 0.424. The van der Waals surface area contributed by atoms with Crippen LogP contribution >= 0.6 is 22.6 Å². The molecule has 0 unspecified atom stereocenters. The van der Waals surface area contributed by atoms with Gasteiger partial charge in [0.15, 0.2) is 0 Å². The average Bonchev–Trinajstić information content (AvgIpc) is 2.31. The van der Waals surface area contributed by atoms with Crippen LogP contribution in [0.5, 0.6) is 5.75 Å². The average molecular weight is 351 g/mol. The highest BCUT2D eigenvalue weighted by molar-refractivity contribution is 14.1. The Labute approximate surface area is 113 Å². The Balaban J connectivity index is 2.88. The first-order valence-electron chi connectivity index (χ1n) is 5.09. The van der Waals surface area contributed by atoms with Gasteiger partial charge in [0, 0.05) is 18.7 Å². The van der Waals surface area contributed by atoms with E-state index in [4.69, 9.17) is 10.2 Å². The molecule has 1 rings (SSSR count). The molecule has 0 saturated heterocycles. The summed E-state index contributed by atoms with van der Waals surface area (Å²) in [6, 6.07) is 4.62. The normalized spacial score (nSPS) is 10.3. The first-order valence-corrected chi connectivity index (χ1v) is 6.17. The van der Waals surface area contributed by atoms with E-state index in [1.54, 1.807) is 12.1 Å². The third-order valence-corrected chi connectivity index (χ3v) is 3.13. The van der Waals surface area contributed by atoms with Crippen LogP contribution < -0.4 is 0 Å². The van der Waals surface area contributed by atoms with Gasteiger partial charge < -0.3 is 20.2 Å². The molecule has 0 heterocycles. The fraction of sp³-hybridized carbons (Fsp3) is 0.364. The molecule has 0 aromatic heterocycles. The van der Waals surface area contributed by atoms with Crippen LogP contribution in [-0.2, 0) is 0 Å². The van der Waals surface area contributed by atoms with E-state index in [1.165, 1.54) is 11.0 Å². The number of rotatable bonds is 5. The third kappa shape index (κ3) is 3.83. The van der Waals surface area contributed by atoms with Crippen LogP contribution in [0.4, 0.5) is 0 Å². The van der Waals surface area contributed by atoms with E-state index in [1.807, 2.05) is 22.6 Å². The van der Waals surface area contributed by atoms with Gasteiger partial charge in [-0.3, -0.25) is 4.79 Å². The molecule has 0 saturated carbocycles. The summed E-state index contributed by atoms with van der Waals surface area (Å²) in [4.78, 5) is 13.3. The van der Waals surface area contributed by atoms with E-state index in [0.717, 1.165) is 0 Å². The monoisotopic (exact) mass is 351 g/mol. The Morgan fingerprint density at radius 2 is 1.82 bits per heavy atom. The maximum Gasteiger partial charge on any atom is 0.254 e. The second-order valence-corrected chi connectivity index (χ2v) is 4.57. The molecular formula is C11H14INO4. The molecule has 5 nitrogen and oxygen atoms in total. The molecule has 0 radical (unpaired) electrons. The second-order valence-electron chi connectivity index (χ2n) is 3.41. The maximum absolute atomic E-state index is 12.0. The summed E-state index contributed by atoms with van der Waals surface area (Å²) in [5.74, 6) is -0.274. The van der Waals surface area contributed by atoms with Crippen molar-refractivity contribution < 1.29 is 20.1 Å². The van der Waals surface area contributed by atoms with Crippen molar-refractivity contribution in [1.82, 2.24) is 4.90 Å². The molecule has 0 aliphatic rings. The summed E-state index contributed by atoms with van der Waals surface area (Å²) in [6.45, 7) is -0.0114. The lowest BCUT2D eigenvalue weighted by atomic mass is 10.2. The van der Waals surface area contributed by atoms with Crippen molar-refractivity contribution in [3.63, 3.8) is 0 Å². The Hall–Kier alpha value is -0.860. The molecule has 0 atom stereocenters. The van der Waals surface area contributed by atoms with Crippen molar-refractivity contribution in [2.75, 3.05) is 26.3 Å². The number of aromatic hydroxyl groups is 1. The molecule has 6 heteroatoms. The van der Waals surface area contributed by atoms with Gasteiger partial charge >= 0.3 is 0 Å². The minimum atomic E-state index is -0.320. The highest BCUT2D eigenvalue weighted by atomic mass is 127. The predicted molar refractivity (Wildman–Crippen MR) is 70.9 cm³/mol. The fourth-order valence-electron chi connectivity index (χ4n) is 1.38. The van der Waals surface area contributed by atoms with Crippen molar-refractivity contribution in [2.45, 2.75) is 0 Å². The van der Waals surface area contributed by atoms with Crippen LogP contribution in [0.15, 0.2) is 18.2 Å². The van der Waals surface area contributed by atoms with E-state index >= 15 is 0 Å². The van der Waals surface area contributed by atoms with Crippen molar-refractivity contribution in [2.24, 2.45) is 0 Å². The van der Waals surface area contributed by atoms with Gasteiger partial charge in [-0.1, -0.05) is 0 Å². The molecule has 3 N–H and O–H groups in total. The number of phenolic OH excluding ortho intramolecular Hbond substituents is 1. The minimum Gasteiger partial charge on any atom is -0.507 e. The maximum atomic E-state index is 12.0. The lowest BCUT2D eigenvalue weighted by Crippen LogP contribution is -2.35. The highest BCUT2D eigenvalue weighted by Gasteiger charge is 2.15. The van der Waals surface area contributed by atoms with E-state index in [0.29, 0.717) is 9.13 Å². The number of benzene rings is 1. The zero-order chi connectivity index (χ0) is 12.8. The highest BCUT2D eigenvalue weighted by Crippen LogP contribution is 2.21. The van der Waals surface area contributed by atoms with E-state index in [2.05, 4.69) is 0 Å². The molecule has 0 aliphatic carbocycles. The van der Waals surface area contributed by atoms with Gasteiger partial charge in [0.1, 0.15) is 5.75 Å². The molecule has 1 aromatic rings. The van der Waals surface area contributed by atoms with E-state index < -0.39 is 0 Å². The molecule has 0 spiro atoms. The molecule has 0 aliphatic heterocycles. The lowest BCUT2D eigenvalue weighted by Gasteiger charge is -2.20. The SMILES string of the molecule is O=C(c1ccc(I)c(O)c1)N(CCO)CCO. The number of aliphatic hydroxyl groups excluding tert-OH is 2. The zero-order valence-electron chi connectivity index (χ0n) is 9.14. The van der Waals surface area contributed by atoms with E-state index in [9.17, 15) is 9.90 Å². The van der Waals surface area contributed by atoms with Crippen LogP contribution in [0.25, 0.3) is 0 Å². The van der Waals surface area contributed by atoms with Gasteiger partial charge in [-0.25, -0.2) is 0 Å². The number of phenols is 1. The first-order chi connectivity index (χ1) is 8.10. The quantitative estimate of drug-likeness (QED) is 0.672. The van der Waals surface area contributed by atoms with Gasteiger partial charge in [0.2, 0.25) is 0 Å². The smallest absolute Gasteiger partial charge is 0.254 e. The summed E-state index contributed by atoms with van der Waals surface area (Å²) >= 11 is 1.96. The molecule has 0 bridgehead atoms. The zero-order valence-corrected chi connectivity index (χ0v) is 11.3. The van der Waals surface area contributed by atoms with Crippen LogP contribution in [0.2, 0.25) is 0 Å². The Bertz CT molecular complexity index is 391. The lowest BCUT2D eigenvalue weighted by molar-refractivity contribution is 0.0684. The standard InChI is InChI=1S/C11H14INO4/c12-9-2-1-8(7-10(9)16)11(17)13(3-5-14)4-6-15/h1-2,7,14-16H,3-6H2. The summed E-state index contributed by atoms with van der Waals surface area (Å²) in [5, 5.41) is 27.2. The number of hydrogen-bond donors (Lipinski definition) is 3. The van der Waals surface area contributed by atoms with Gasteiger partial charge in [-0.2, -0.15) is 0 Å². The number of amides is 1. The first kappa shape index (κ1) is 14.2. The number of hydrogen-bond acceptors (Lipinski definition) is 4. The Kier molecular flexibility index (Phi) is 5.66. The van der Waals surface area contributed by atoms with Crippen LogP contribution in [0.3, 0.4) is 0 Å². The summed E-state index contributed by atoms with van der Waals surface area (Å²) < 4.78 is 0.662. The van der Waals surface area contributed by atoms with Gasteiger partial charge in [0.05, 0.1) is 16.8 Å². The van der Waals surface area contributed by atoms with Crippen molar-refractivity contribution in [3.05, 3.63) is 27.3 Å². The van der Waals surface area contributed by atoms with Crippen LogP contribution in [0, 0.1) is 3.57 Å². The fourth-order valence-corrected chi connectivity index (χ4v) is 1.72. The van der Waals surface area contributed by atoms with Crippen LogP contribution in [0.1, 0.15) is 10.4 Å². The minimum absolute atomic E-state index is 0.0457. The van der Waals surface area contributed by atoms with E-state index in [-0.39, 0.29) is 38.0 Å². The van der Waals surface area contributed by atoms with Gasteiger partial charge in [0.25, 0.3) is 5.91 Å². The largest absolute Gasteiger partial charge is 0.507 e. The second kappa shape index (κ2) is 6.77. The molecule has 1 amide bonds. The molecule has 1 aromatic carbocycles. The van der Waals surface area contributed by atoms with Crippen molar-refractivity contribution in [1.29, 1.82) is 0 Å². The topological polar surface area (TPSA) is 81.0 Å². The number of nitrogens with zero attached hydrogens (tertiary/aromatic N) is 1. The number of carbonyl (C=O) groups excluding carboxylic acids is 1. The summed E-state index contributed by atoms with van der Waals surface area (Å²) in [7, 11) is 0. The van der Waals surface area contributed by atoms with Crippen molar-refractivity contribution >= 4 is 28.5 Å². The Morgan fingerprint density at radius 1 is 1.24 bits per heavy atom. The van der Waals surface area contributed by atoms with Crippen molar-refractivity contribution in [3.8, 4) is 5.75 Å².